The fourth-order valence-electron chi connectivity index (χ4n) is 4.52. The van der Waals surface area contributed by atoms with Crippen molar-refractivity contribution in [1.29, 1.82) is 0 Å². The van der Waals surface area contributed by atoms with Crippen molar-refractivity contribution in [2.45, 2.75) is 31.7 Å². The molecule has 1 atom stereocenters. The maximum absolute atomic E-state index is 13.4. The second-order valence-electron chi connectivity index (χ2n) is 8.09. The van der Waals surface area contributed by atoms with Gasteiger partial charge < -0.3 is 20.1 Å². The van der Waals surface area contributed by atoms with Crippen LogP contribution in [0, 0.1) is 5.41 Å². The number of carboxylic acid groups (broad SMARTS) is 1. The molecule has 0 saturated heterocycles. The highest BCUT2D eigenvalue weighted by Gasteiger charge is 2.46. The summed E-state index contributed by atoms with van der Waals surface area (Å²) >= 11 is 0. The Labute approximate surface area is 179 Å². The third kappa shape index (κ3) is 4.03. The number of para-hydroxylation sites is 1. The Hall–Kier alpha value is -3.61. The molecule has 7 nitrogen and oxygen atoms in total. The lowest BCUT2D eigenvalue weighted by Crippen LogP contribution is -2.51. The summed E-state index contributed by atoms with van der Waals surface area (Å²) in [5.41, 5.74) is 2.59. The molecule has 31 heavy (non-hydrogen) atoms. The van der Waals surface area contributed by atoms with E-state index in [4.69, 9.17) is 4.74 Å². The molecule has 0 spiro atoms. The number of esters is 1. The van der Waals surface area contributed by atoms with Gasteiger partial charge in [0.05, 0.1) is 18.9 Å². The van der Waals surface area contributed by atoms with E-state index in [0.717, 1.165) is 27.6 Å². The van der Waals surface area contributed by atoms with Crippen molar-refractivity contribution >= 4 is 28.7 Å². The lowest BCUT2D eigenvalue weighted by atomic mass is 9.80. The number of carbonyl (C=O) groups excluding carboxylic acids is 2. The summed E-state index contributed by atoms with van der Waals surface area (Å²) in [6, 6.07) is 14.3. The molecule has 0 radical (unpaired) electrons. The zero-order valence-corrected chi connectivity index (χ0v) is 17.2. The molecule has 1 aliphatic carbocycles. The second-order valence-corrected chi connectivity index (χ2v) is 8.09. The smallest absolute Gasteiger partial charge is 0.328 e. The molecule has 1 amide bonds. The largest absolute Gasteiger partial charge is 0.481 e. The molecule has 1 aliphatic rings. The third-order valence-corrected chi connectivity index (χ3v) is 6.04. The van der Waals surface area contributed by atoms with Crippen molar-refractivity contribution in [3.8, 4) is 0 Å². The fraction of sp³-hybridized carbons (Fsp3) is 0.292. The van der Waals surface area contributed by atoms with Gasteiger partial charge in [0.1, 0.15) is 6.04 Å². The monoisotopic (exact) mass is 420 g/mol. The van der Waals surface area contributed by atoms with Crippen molar-refractivity contribution in [3.63, 3.8) is 0 Å². The van der Waals surface area contributed by atoms with Crippen LogP contribution in [0.25, 0.3) is 10.9 Å². The van der Waals surface area contributed by atoms with Gasteiger partial charge in [-0.2, -0.15) is 0 Å². The van der Waals surface area contributed by atoms with Gasteiger partial charge in [0.15, 0.2) is 0 Å². The van der Waals surface area contributed by atoms with Crippen LogP contribution < -0.4 is 5.32 Å². The summed E-state index contributed by atoms with van der Waals surface area (Å²) in [5, 5.41) is 13.3. The van der Waals surface area contributed by atoms with Crippen LogP contribution >= 0.6 is 0 Å². The van der Waals surface area contributed by atoms with E-state index in [1.165, 1.54) is 7.11 Å². The standard InChI is InChI=1S/C24H24N2O5/c1-31-22(29)20(10-17-14-25-19-9-5-4-8-18(17)19)26-23(30)24(13-21(27)28)11-15-6-2-3-7-16(15)12-24/h2-9,14,20,25H,10-13H2,1H3,(H,26,30)(H,27,28)/t20-/m0/s1. The number of aliphatic carboxylic acids is 1. The number of aromatic nitrogens is 1. The van der Waals surface area contributed by atoms with Crippen LogP contribution in [0.2, 0.25) is 0 Å². The first kappa shape index (κ1) is 20.7. The summed E-state index contributed by atoms with van der Waals surface area (Å²) < 4.78 is 4.93. The maximum atomic E-state index is 13.4. The minimum atomic E-state index is -1.14. The van der Waals surface area contributed by atoms with Crippen molar-refractivity contribution in [2.24, 2.45) is 5.41 Å². The first-order valence-corrected chi connectivity index (χ1v) is 10.1. The summed E-state index contributed by atoms with van der Waals surface area (Å²) in [4.78, 5) is 40.7. The number of H-pyrrole nitrogens is 1. The molecular formula is C24H24N2O5. The quantitative estimate of drug-likeness (QED) is 0.509. The van der Waals surface area contributed by atoms with Gasteiger partial charge in [0.2, 0.25) is 5.91 Å². The number of fused-ring (bicyclic) bond motifs is 2. The Morgan fingerprint density at radius 2 is 1.74 bits per heavy atom. The summed E-state index contributed by atoms with van der Waals surface area (Å²) in [5.74, 6) is -2.06. The Bertz CT molecular complexity index is 1120. The number of aromatic amines is 1. The van der Waals surface area contributed by atoms with Crippen molar-refractivity contribution < 1.29 is 24.2 Å². The van der Waals surface area contributed by atoms with Gasteiger partial charge in [-0.25, -0.2) is 4.79 Å². The van der Waals surface area contributed by atoms with E-state index < -0.39 is 29.3 Å². The minimum Gasteiger partial charge on any atom is -0.481 e. The van der Waals surface area contributed by atoms with Crippen molar-refractivity contribution in [3.05, 3.63) is 71.4 Å². The topological polar surface area (TPSA) is 108 Å². The van der Waals surface area contributed by atoms with Gasteiger partial charge in [0, 0.05) is 23.5 Å². The van der Waals surface area contributed by atoms with Crippen LogP contribution in [-0.4, -0.2) is 41.1 Å². The van der Waals surface area contributed by atoms with E-state index in [1.807, 2.05) is 54.7 Å². The van der Waals surface area contributed by atoms with Crippen LogP contribution in [0.5, 0.6) is 0 Å². The molecule has 1 heterocycles. The number of hydrogen-bond acceptors (Lipinski definition) is 4. The SMILES string of the molecule is COC(=O)[C@H](Cc1c[nH]c2ccccc12)NC(=O)C1(CC(=O)O)Cc2ccccc2C1. The molecule has 0 bridgehead atoms. The maximum Gasteiger partial charge on any atom is 0.328 e. The van der Waals surface area contributed by atoms with Gasteiger partial charge in [-0.1, -0.05) is 42.5 Å². The molecule has 3 N–H and O–H groups in total. The number of hydrogen-bond donors (Lipinski definition) is 3. The molecule has 0 saturated carbocycles. The number of ether oxygens (including phenoxy) is 1. The Kier molecular flexibility index (Phi) is 5.50. The molecule has 3 aromatic rings. The van der Waals surface area contributed by atoms with Gasteiger partial charge in [-0.3, -0.25) is 9.59 Å². The van der Waals surface area contributed by atoms with Crippen LogP contribution in [0.15, 0.2) is 54.7 Å². The Morgan fingerprint density at radius 3 is 2.39 bits per heavy atom. The summed E-state index contributed by atoms with van der Waals surface area (Å²) in [6.07, 6.45) is 2.38. The van der Waals surface area contributed by atoms with E-state index in [9.17, 15) is 19.5 Å². The summed E-state index contributed by atoms with van der Waals surface area (Å²) in [7, 11) is 1.27. The van der Waals surface area contributed by atoms with E-state index in [-0.39, 0.29) is 12.8 Å². The predicted molar refractivity (Wildman–Crippen MR) is 114 cm³/mol. The molecule has 160 valence electrons. The molecule has 7 heteroatoms. The Balaban J connectivity index is 1.60. The van der Waals surface area contributed by atoms with Gasteiger partial charge >= 0.3 is 11.9 Å². The molecule has 0 aliphatic heterocycles. The second kappa shape index (κ2) is 8.26. The highest BCUT2D eigenvalue weighted by atomic mass is 16.5. The van der Waals surface area contributed by atoms with Crippen LogP contribution in [0.4, 0.5) is 0 Å². The predicted octanol–water partition coefficient (Wildman–Crippen LogP) is 2.63. The van der Waals surface area contributed by atoms with E-state index in [2.05, 4.69) is 10.3 Å². The molecule has 0 unspecified atom stereocenters. The average molecular weight is 420 g/mol. The van der Waals surface area contributed by atoms with Crippen molar-refractivity contribution in [1.82, 2.24) is 10.3 Å². The lowest BCUT2D eigenvalue weighted by molar-refractivity contribution is -0.148. The normalized spacial score (nSPS) is 15.3. The van der Waals surface area contributed by atoms with E-state index in [1.54, 1.807) is 0 Å². The highest BCUT2D eigenvalue weighted by Crippen LogP contribution is 2.40. The lowest BCUT2D eigenvalue weighted by Gasteiger charge is -2.28. The molecule has 1 aromatic heterocycles. The number of amides is 1. The fourth-order valence-corrected chi connectivity index (χ4v) is 4.52. The van der Waals surface area contributed by atoms with Crippen molar-refractivity contribution in [2.75, 3.05) is 7.11 Å². The van der Waals surface area contributed by atoms with Crippen LogP contribution in [0.1, 0.15) is 23.1 Å². The van der Waals surface area contributed by atoms with E-state index in [0.29, 0.717) is 12.8 Å². The van der Waals surface area contributed by atoms with E-state index >= 15 is 0 Å². The zero-order valence-electron chi connectivity index (χ0n) is 17.2. The number of rotatable bonds is 7. The van der Waals surface area contributed by atoms with Crippen LogP contribution in [0.3, 0.4) is 0 Å². The molecule has 2 aromatic carbocycles. The average Bonchev–Trinajstić information content (AvgIpc) is 3.33. The number of methoxy groups -OCH3 is 1. The van der Waals surface area contributed by atoms with Crippen LogP contribution in [-0.2, 0) is 38.4 Å². The van der Waals surface area contributed by atoms with Gasteiger partial charge in [-0.15, -0.1) is 0 Å². The highest BCUT2D eigenvalue weighted by molar-refractivity contribution is 5.92. The first-order chi connectivity index (χ1) is 14.9. The van der Waals surface area contributed by atoms with Gasteiger partial charge in [-0.05, 0) is 35.6 Å². The molecule has 4 rings (SSSR count). The summed E-state index contributed by atoms with van der Waals surface area (Å²) in [6.45, 7) is 0. The number of benzene rings is 2. The van der Waals surface area contributed by atoms with Gasteiger partial charge in [0.25, 0.3) is 0 Å². The number of carboxylic acids is 1. The molecule has 0 fully saturated rings. The minimum absolute atomic E-state index is 0.235. The zero-order chi connectivity index (χ0) is 22.0. The third-order valence-electron chi connectivity index (χ3n) is 6.04. The molecular weight excluding hydrogens is 396 g/mol. The first-order valence-electron chi connectivity index (χ1n) is 10.1. The number of carbonyl (C=O) groups is 3. The Morgan fingerprint density at radius 1 is 1.10 bits per heavy atom. The number of nitrogens with one attached hydrogen (secondary N) is 2.